The number of benzene rings is 2. The Morgan fingerprint density at radius 3 is 2.59 bits per heavy atom. The van der Waals surface area contributed by atoms with Gasteiger partial charge in [0.15, 0.2) is 11.5 Å². The molecule has 2 aliphatic heterocycles. The second-order valence-electron chi connectivity index (χ2n) is 6.66. The lowest BCUT2D eigenvalue weighted by Crippen LogP contribution is -2.32. The number of anilines is 1. The number of amides is 1. The van der Waals surface area contributed by atoms with Gasteiger partial charge in [0, 0.05) is 17.8 Å². The number of rotatable bonds is 4. The molecule has 2 fully saturated rings. The number of hydrogen-bond acceptors (Lipinski definition) is 4. The molecular formula is C20H20Cl2N2O3. The van der Waals surface area contributed by atoms with Crippen molar-refractivity contribution >= 4 is 34.8 Å². The quantitative estimate of drug-likeness (QED) is 0.748. The fourth-order valence-electron chi connectivity index (χ4n) is 4.11. The Kier molecular flexibility index (Phi) is 4.93. The SMILES string of the molecule is COc1cccc([C@H]2N(c3ccc(Cl)c(Cl)c3)C(=O)[C@@H]3CCCN32)c1OC. The summed E-state index contributed by atoms with van der Waals surface area (Å²) in [6, 6.07) is 10.9. The molecule has 2 aromatic rings. The molecule has 0 bridgehead atoms. The Hall–Kier alpha value is -1.95. The highest BCUT2D eigenvalue weighted by atomic mass is 35.5. The van der Waals surface area contributed by atoms with Crippen molar-refractivity contribution in [2.45, 2.75) is 25.0 Å². The molecule has 27 heavy (non-hydrogen) atoms. The average Bonchev–Trinajstić information content (AvgIpc) is 3.25. The molecule has 0 aromatic heterocycles. The van der Waals surface area contributed by atoms with Gasteiger partial charge in [-0.15, -0.1) is 0 Å². The Labute approximate surface area is 168 Å². The van der Waals surface area contributed by atoms with E-state index in [0.717, 1.165) is 30.6 Å². The lowest BCUT2D eigenvalue weighted by atomic mass is 10.1. The van der Waals surface area contributed by atoms with E-state index in [-0.39, 0.29) is 18.1 Å². The van der Waals surface area contributed by atoms with Gasteiger partial charge in [-0.1, -0.05) is 35.3 Å². The van der Waals surface area contributed by atoms with E-state index in [2.05, 4.69) is 4.90 Å². The third-order valence-electron chi connectivity index (χ3n) is 5.27. The Morgan fingerprint density at radius 2 is 1.89 bits per heavy atom. The summed E-state index contributed by atoms with van der Waals surface area (Å²) in [6.07, 6.45) is 1.56. The molecule has 2 saturated heterocycles. The third-order valence-corrected chi connectivity index (χ3v) is 6.01. The van der Waals surface area contributed by atoms with Gasteiger partial charge in [-0.3, -0.25) is 14.6 Å². The second-order valence-corrected chi connectivity index (χ2v) is 7.47. The largest absolute Gasteiger partial charge is 0.493 e. The molecule has 2 heterocycles. The van der Waals surface area contributed by atoms with Crippen LogP contribution in [0.3, 0.4) is 0 Å². The molecule has 2 aromatic carbocycles. The number of hydrogen-bond donors (Lipinski definition) is 0. The van der Waals surface area contributed by atoms with Gasteiger partial charge in [0.05, 0.1) is 30.3 Å². The number of fused-ring (bicyclic) bond motifs is 1. The standard InChI is InChI=1S/C20H20Cl2N2O3/c1-26-17-7-3-5-13(18(17)27-2)19-23-10-4-6-16(23)20(25)24(19)12-8-9-14(21)15(22)11-12/h3,5,7-9,11,16,19H,4,6,10H2,1-2H3/t16-,19+/m0/s1. The van der Waals surface area contributed by atoms with Gasteiger partial charge in [-0.25, -0.2) is 0 Å². The van der Waals surface area contributed by atoms with E-state index in [4.69, 9.17) is 32.7 Å². The summed E-state index contributed by atoms with van der Waals surface area (Å²) in [6.45, 7) is 0.846. The zero-order chi connectivity index (χ0) is 19.1. The zero-order valence-electron chi connectivity index (χ0n) is 15.1. The van der Waals surface area contributed by atoms with Crippen LogP contribution in [0.1, 0.15) is 24.6 Å². The number of nitrogens with zero attached hydrogens (tertiary/aromatic N) is 2. The Bertz CT molecular complexity index is 890. The molecule has 0 N–H and O–H groups in total. The van der Waals surface area contributed by atoms with Crippen LogP contribution in [0.4, 0.5) is 5.69 Å². The average molecular weight is 407 g/mol. The first-order valence-corrected chi connectivity index (χ1v) is 9.57. The van der Waals surface area contributed by atoms with E-state index in [1.807, 2.05) is 24.3 Å². The van der Waals surface area contributed by atoms with E-state index in [0.29, 0.717) is 21.5 Å². The van der Waals surface area contributed by atoms with Crippen LogP contribution in [0, 0.1) is 0 Å². The maximum absolute atomic E-state index is 13.3. The predicted octanol–water partition coefficient (Wildman–Crippen LogP) is 4.52. The van der Waals surface area contributed by atoms with Crippen molar-refractivity contribution in [2.24, 2.45) is 0 Å². The summed E-state index contributed by atoms with van der Waals surface area (Å²) in [5.41, 5.74) is 1.61. The first kappa shape index (κ1) is 18.4. The molecular weight excluding hydrogens is 387 g/mol. The monoisotopic (exact) mass is 406 g/mol. The number of halogens is 2. The van der Waals surface area contributed by atoms with Gasteiger partial charge in [-0.05, 0) is 37.1 Å². The van der Waals surface area contributed by atoms with Gasteiger partial charge >= 0.3 is 0 Å². The maximum atomic E-state index is 13.3. The first-order valence-electron chi connectivity index (χ1n) is 8.81. The molecule has 142 valence electrons. The summed E-state index contributed by atoms with van der Waals surface area (Å²) in [5, 5.41) is 0.883. The highest BCUT2D eigenvalue weighted by Gasteiger charge is 2.50. The summed E-state index contributed by atoms with van der Waals surface area (Å²) >= 11 is 12.3. The van der Waals surface area contributed by atoms with Crippen molar-refractivity contribution in [2.75, 3.05) is 25.7 Å². The summed E-state index contributed by atoms with van der Waals surface area (Å²) in [4.78, 5) is 17.3. The molecule has 2 atom stereocenters. The molecule has 0 unspecified atom stereocenters. The summed E-state index contributed by atoms with van der Waals surface area (Å²) in [5.74, 6) is 1.34. The van der Waals surface area contributed by atoms with E-state index in [1.54, 1.807) is 31.3 Å². The number of para-hydroxylation sites is 1. The number of carbonyl (C=O) groups excluding carboxylic acids is 1. The van der Waals surface area contributed by atoms with E-state index in [9.17, 15) is 4.79 Å². The number of carbonyl (C=O) groups is 1. The van der Waals surface area contributed by atoms with Crippen LogP contribution in [0.25, 0.3) is 0 Å². The first-order chi connectivity index (χ1) is 13.1. The van der Waals surface area contributed by atoms with Crippen molar-refractivity contribution in [3.8, 4) is 11.5 Å². The van der Waals surface area contributed by atoms with Crippen LogP contribution in [-0.2, 0) is 4.79 Å². The normalized spacial score (nSPS) is 22.2. The van der Waals surface area contributed by atoms with E-state index < -0.39 is 0 Å². The molecule has 0 saturated carbocycles. The third kappa shape index (κ3) is 2.94. The number of methoxy groups -OCH3 is 2. The summed E-state index contributed by atoms with van der Waals surface area (Å²) in [7, 11) is 3.22. The molecule has 1 amide bonds. The van der Waals surface area contributed by atoms with Gasteiger partial charge in [0.2, 0.25) is 5.91 Å². The van der Waals surface area contributed by atoms with Crippen LogP contribution in [-0.4, -0.2) is 37.6 Å². The van der Waals surface area contributed by atoms with Crippen LogP contribution in [0.15, 0.2) is 36.4 Å². The van der Waals surface area contributed by atoms with Crippen molar-refractivity contribution in [3.05, 3.63) is 52.0 Å². The number of ether oxygens (including phenoxy) is 2. The minimum absolute atomic E-state index is 0.0702. The Morgan fingerprint density at radius 1 is 1.07 bits per heavy atom. The Balaban J connectivity index is 1.87. The smallest absolute Gasteiger partial charge is 0.246 e. The van der Waals surface area contributed by atoms with Crippen LogP contribution < -0.4 is 14.4 Å². The molecule has 2 aliphatic rings. The fourth-order valence-corrected chi connectivity index (χ4v) is 4.41. The van der Waals surface area contributed by atoms with Crippen LogP contribution in [0.5, 0.6) is 11.5 Å². The van der Waals surface area contributed by atoms with E-state index in [1.165, 1.54) is 0 Å². The maximum Gasteiger partial charge on any atom is 0.246 e. The highest BCUT2D eigenvalue weighted by molar-refractivity contribution is 6.42. The van der Waals surface area contributed by atoms with Crippen molar-refractivity contribution in [3.63, 3.8) is 0 Å². The van der Waals surface area contributed by atoms with Gasteiger partial charge < -0.3 is 9.47 Å². The second kappa shape index (κ2) is 7.23. The van der Waals surface area contributed by atoms with Crippen molar-refractivity contribution < 1.29 is 14.3 Å². The molecule has 5 nitrogen and oxygen atoms in total. The molecule has 0 spiro atoms. The molecule has 0 aliphatic carbocycles. The van der Waals surface area contributed by atoms with Crippen molar-refractivity contribution in [1.29, 1.82) is 0 Å². The fraction of sp³-hybridized carbons (Fsp3) is 0.350. The van der Waals surface area contributed by atoms with Gasteiger partial charge in [0.1, 0.15) is 6.17 Å². The zero-order valence-corrected chi connectivity index (χ0v) is 16.6. The lowest BCUT2D eigenvalue weighted by molar-refractivity contribution is -0.119. The van der Waals surface area contributed by atoms with Crippen LogP contribution >= 0.6 is 23.2 Å². The van der Waals surface area contributed by atoms with E-state index >= 15 is 0 Å². The van der Waals surface area contributed by atoms with Gasteiger partial charge in [-0.2, -0.15) is 0 Å². The lowest BCUT2D eigenvalue weighted by Gasteiger charge is -2.31. The van der Waals surface area contributed by atoms with Crippen LogP contribution in [0.2, 0.25) is 10.0 Å². The predicted molar refractivity (Wildman–Crippen MR) is 106 cm³/mol. The molecule has 7 heteroatoms. The van der Waals surface area contributed by atoms with Gasteiger partial charge in [0.25, 0.3) is 0 Å². The minimum atomic E-state index is -0.285. The molecule has 0 radical (unpaired) electrons. The topological polar surface area (TPSA) is 42.0 Å². The highest BCUT2D eigenvalue weighted by Crippen LogP contribution is 2.47. The molecule has 4 rings (SSSR count). The minimum Gasteiger partial charge on any atom is -0.493 e. The van der Waals surface area contributed by atoms with Crippen molar-refractivity contribution in [1.82, 2.24) is 4.90 Å². The summed E-state index contributed by atoms with van der Waals surface area (Å²) < 4.78 is 11.1.